The first-order valence-electron chi connectivity index (χ1n) is 16.1. The van der Waals surface area contributed by atoms with Gasteiger partial charge in [-0.1, -0.05) is 103 Å². The second kappa shape index (κ2) is 9.32. The summed E-state index contributed by atoms with van der Waals surface area (Å²) in [7, 11) is 0. The van der Waals surface area contributed by atoms with Gasteiger partial charge >= 0.3 is 0 Å². The largest absolute Gasteiger partial charge is 0.309 e. The number of aromatic nitrogens is 2. The van der Waals surface area contributed by atoms with E-state index in [2.05, 4.69) is 167 Å². The minimum atomic E-state index is 1.19. The first-order chi connectivity index (χ1) is 23.3. The van der Waals surface area contributed by atoms with Crippen molar-refractivity contribution >= 4 is 85.9 Å². The number of fused-ring (bicyclic) bond motifs is 6. The van der Waals surface area contributed by atoms with Crippen LogP contribution in [0.3, 0.4) is 0 Å². The number of benzene rings is 8. The molecule has 0 spiro atoms. The maximum Gasteiger partial charge on any atom is 0.0640 e. The van der Waals surface area contributed by atoms with E-state index in [0.29, 0.717) is 0 Å². The molecule has 0 fully saturated rings. The van der Waals surface area contributed by atoms with Gasteiger partial charge in [0.05, 0.1) is 32.5 Å². The summed E-state index contributed by atoms with van der Waals surface area (Å²) >= 11 is 1.89. The van der Waals surface area contributed by atoms with Crippen LogP contribution in [0.1, 0.15) is 0 Å². The molecule has 0 N–H and O–H groups in total. The number of para-hydroxylation sites is 2. The smallest absolute Gasteiger partial charge is 0.0640 e. The van der Waals surface area contributed by atoms with E-state index in [1.807, 2.05) is 11.3 Å². The third kappa shape index (κ3) is 3.39. The summed E-state index contributed by atoms with van der Waals surface area (Å²) < 4.78 is 7.54. The van der Waals surface area contributed by atoms with Crippen LogP contribution in [0.25, 0.3) is 97.1 Å². The fraction of sp³-hybridized carbons (Fsp3) is 0. The first kappa shape index (κ1) is 25.3. The van der Waals surface area contributed by atoms with E-state index in [0.717, 1.165) is 0 Å². The average molecular weight is 615 g/mol. The minimum absolute atomic E-state index is 1.19. The van der Waals surface area contributed by atoms with Crippen molar-refractivity contribution in [1.29, 1.82) is 0 Å². The van der Waals surface area contributed by atoms with E-state index < -0.39 is 0 Å². The monoisotopic (exact) mass is 614 g/mol. The second-order valence-electron chi connectivity index (χ2n) is 12.5. The zero-order valence-corrected chi connectivity index (χ0v) is 26.1. The molecular weight excluding hydrogens is 589 g/mol. The quantitative estimate of drug-likeness (QED) is 0.175. The highest BCUT2D eigenvalue weighted by Crippen LogP contribution is 2.45. The van der Waals surface area contributed by atoms with Gasteiger partial charge in [0.15, 0.2) is 0 Å². The molecule has 8 aromatic carbocycles. The van der Waals surface area contributed by atoms with Gasteiger partial charge in [0, 0.05) is 42.7 Å². The van der Waals surface area contributed by atoms with Crippen LogP contribution in [0.2, 0.25) is 0 Å². The van der Waals surface area contributed by atoms with Gasteiger partial charge in [-0.05, 0) is 76.5 Å². The predicted molar refractivity (Wildman–Crippen MR) is 202 cm³/mol. The Morgan fingerprint density at radius 1 is 0.404 bits per heavy atom. The molecule has 0 bridgehead atoms. The Balaban J connectivity index is 1.18. The summed E-state index contributed by atoms with van der Waals surface area (Å²) in [6.45, 7) is 0. The topological polar surface area (TPSA) is 9.86 Å². The van der Waals surface area contributed by atoms with E-state index in [1.165, 1.54) is 97.1 Å². The molecule has 0 saturated heterocycles. The lowest BCUT2D eigenvalue weighted by Crippen LogP contribution is -1.94. The van der Waals surface area contributed by atoms with Crippen LogP contribution in [0, 0.1) is 0 Å². The van der Waals surface area contributed by atoms with Crippen molar-refractivity contribution < 1.29 is 0 Å². The van der Waals surface area contributed by atoms with Gasteiger partial charge in [0.25, 0.3) is 0 Å². The van der Waals surface area contributed by atoms with Crippen molar-refractivity contribution in [3.63, 3.8) is 0 Å². The number of nitrogens with zero attached hydrogens (tertiary/aromatic N) is 2. The lowest BCUT2D eigenvalue weighted by atomic mass is 9.94. The third-order valence-corrected chi connectivity index (χ3v) is 11.3. The molecule has 0 aliphatic carbocycles. The average Bonchev–Trinajstić information content (AvgIpc) is 3.79. The lowest BCUT2D eigenvalue weighted by molar-refractivity contribution is 1.18. The van der Waals surface area contributed by atoms with Crippen molar-refractivity contribution in [2.24, 2.45) is 0 Å². The molecule has 11 aromatic rings. The molecule has 0 aliphatic rings. The summed E-state index contributed by atoms with van der Waals surface area (Å²) in [6, 6.07) is 58.1. The summed E-state index contributed by atoms with van der Waals surface area (Å²) in [4.78, 5) is 0. The lowest BCUT2D eigenvalue weighted by Gasteiger charge is -2.11. The second-order valence-corrected chi connectivity index (χ2v) is 13.6. The highest BCUT2D eigenvalue weighted by atomic mass is 32.1. The summed E-state index contributed by atoms with van der Waals surface area (Å²) in [5.41, 5.74) is 9.89. The van der Waals surface area contributed by atoms with E-state index in [9.17, 15) is 0 Å². The molecule has 3 aromatic heterocycles. The Hall–Kier alpha value is -5.90. The Morgan fingerprint density at radius 3 is 2.06 bits per heavy atom. The van der Waals surface area contributed by atoms with Gasteiger partial charge in [0.1, 0.15) is 0 Å². The molecule has 0 unspecified atom stereocenters. The first-order valence-corrected chi connectivity index (χ1v) is 16.9. The Bertz CT molecular complexity index is 3010. The number of hydrogen-bond acceptors (Lipinski definition) is 1. The van der Waals surface area contributed by atoms with Crippen LogP contribution < -0.4 is 0 Å². The standard InChI is InChI=1S/C44H26N2S/c1-2-11-29(12-3-1)45-38-17-8-10-27-20-22-33-30(23-25-39(45)43(33)42(27)38)28-21-24-37-35(26-28)31-13-4-6-16-36(31)46(37)40-18-9-15-34-32-14-5-7-19-41(32)47-44(34)40/h1-26H. The van der Waals surface area contributed by atoms with Crippen molar-refractivity contribution in [3.05, 3.63) is 158 Å². The summed E-state index contributed by atoms with van der Waals surface area (Å²) in [5.74, 6) is 0. The molecule has 3 heteroatoms. The SMILES string of the molecule is c1ccc(-n2c3cccc4ccc5c(-c6ccc7c(c6)c6ccccc6n7-c6cccc7c6sc6ccccc67)ccc2c5c43)cc1. The molecule has 0 atom stereocenters. The maximum atomic E-state index is 2.47. The zero-order valence-electron chi connectivity index (χ0n) is 25.3. The fourth-order valence-corrected chi connectivity index (χ4v) is 9.31. The van der Waals surface area contributed by atoms with Crippen LogP contribution in [-0.4, -0.2) is 9.13 Å². The van der Waals surface area contributed by atoms with Crippen LogP contribution >= 0.6 is 11.3 Å². The van der Waals surface area contributed by atoms with Crippen molar-refractivity contribution in [2.75, 3.05) is 0 Å². The molecule has 47 heavy (non-hydrogen) atoms. The Kier molecular flexibility index (Phi) is 5.02. The van der Waals surface area contributed by atoms with E-state index in [-0.39, 0.29) is 0 Å². The van der Waals surface area contributed by atoms with Gasteiger partial charge in [0.2, 0.25) is 0 Å². The molecule has 3 heterocycles. The molecule has 2 nitrogen and oxygen atoms in total. The summed E-state index contributed by atoms with van der Waals surface area (Å²) in [5, 5.41) is 10.4. The van der Waals surface area contributed by atoms with Gasteiger partial charge in [-0.25, -0.2) is 0 Å². The van der Waals surface area contributed by atoms with Crippen molar-refractivity contribution in [3.8, 4) is 22.5 Å². The number of hydrogen-bond donors (Lipinski definition) is 0. The maximum absolute atomic E-state index is 2.47. The van der Waals surface area contributed by atoms with Gasteiger partial charge in [-0.15, -0.1) is 11.3 Å². The molecule has 0 radical (unpaired) electrons. The van der Waals surface area contributed by atoms with E-state index >= 15 is 0 Å². The van der Waals surface area contributed by atoms with Gasteiger partial charge < -0.3 is 9.13 Å². The molecule has 0 aliphatic heterocycles. The Labute approximate surface area is 274 Å². The van der Waals surface area contributed by atoms with Crippen LogP contribution in [0.4, 0.5) is 0 Å². The van der Waals surface area contributed by atoms with Crippen LogP contribution in [0.5, 0.6) is 0 Å². The predicted octanol–water partition coefficient (Wildman–Crippen LogP) is 12.5. The van der Waals surface area contributed by atoms with Crippen molar-refractivity contribution in [2.45, 2.75) is 0 Å². The number of rotatable bonds is 3. The van der Waals surface area contributed by atoms with Crippen molar-refractivity contribution in [1.82, 2.24) is 9.13 Å². The normalized spacial score (nSPS) is 12.3. The van der Waals surface area contributed by atoms with E-state index in [4.69, 9.17) is 0 Å². The molecular formula is C44H26N2S. The molecule has 218 valence electrons. The highest BCUT2D eigenvalue weighted by molar-refractivity contribution is 7.26. The Morgan fingerprint density at radius 2 is 1.13 bits per heavy atom. The van der Waals surface area contributed by atoms with Crippen LogP contribution in [-0.2, 0) is 0 Å². The number of thiophene rings is 1. The highest BCUT2D eigenvalue weighted by Gasteiger charge is 2.20. The van der Waals surface area contributed by atoms with Gasteiger partial charge in [-0.3, -0.25) is 0 Å². The minimum Gasteiger partial charge on any atom is -0.309 e. The molecule has 0 saturated carbocycles. The molecule has 11 rings (SSSR count). The third-order valence-electron chi connectivity index (χ3n) is 10.1. The van der Waals surface area contributed by atoms with Gasteiger partial charge in [-0.2, -0.15) is 0 Å². The fourth-order valence-electron chi connectivity index (χ4n) is 8.10. The summed E-state index contributed by atoms with van der Waals surface area (Å²) in [6.07, 6.45) is 0. The zero-order chi connectivity index (χ0) is 30.6. The van der Waals surface area contributed by atoms with E-state index in [1.54, 1.807) is 0 Å². The van der Waals surface area contributed by atoms with Crippen LogP contribution in [0.15, 0.2) is 158 Å². The molecule has 0 amide bonds.